The van der Waals surface area contributed by atoms with Crippen LogP contribution in [0.5, 0.6) is 0 Å². The third kappa shape index (κ3) is 2.07. The Bertz CT molecular complexity index is 320. The largest absolute Gasteiger partial charge is 0.393 e. The first-order chi connectivity index (χ1) is 6.75. The molecule has 1 atom stereocenters. The molecule has 2 N–H and O–H groups in total. The van der Waals surface area contributed by atoms with Crippen LogP contribution in [0.15, 0.2) is 18.2 Å². The van der Waals surface area contributed by atoms with Crippen molar-refractivity contribution in [3.8, 4) is 0 Å². The molecular weight excluding hydrogens is 174 g/mol. The molecule has 0 aromatic heterocycles. The fourth-order valence-corrected chi connectivity index (χ4v) is 1.87. The lowest BCUT2D eigenvalue weighted by Crippen LogP contribution is -2.01. The first kappa shape index (κ1) is 9.53. The molecule has 1 heterocycles. The van der Waals surface area contributed by atoms with E-state index in [0.29, 0.717) is 0 Å². The number of hydrogen-bond acceptors (Lipinski definition) is 2. The molecular formula is C12H17NO. The fraction of sp³-hybridized carbons (Fsp3) is 0.500. The van der Waals surface area contributed by atoms with E-state index in [0.717, 1.165) is 25.8 Å². The van der Waals surface area contributed by atoms with E-state index in [9.17, 15) is 5.11 Å². The maximum atomic E-state index is 9.19. The monoisotopic (exact) mass is 191 g/mol. The minimum absolute atomic E-state index is 0.198. The number of fused-ring (bicyclic) bond motifs is 1. The highest BCUT2D eigenvalue weighted by Gasteiger charge is 2.09. The SMILES string of the molecule is CC(O)CCc1ccc2c(c1)NCC2. The van der Waals surface area contributed by atoms with Crippen molar-refractivity contribution in [3.63, 3.8) is 0 Å². The molecule has 0 spiro atoms. The van der Waals surface area contributed by atoms with Gasteiger partial charge in [-0.15, -0.1) is 0 Å². The van der Waals surface area contributed by atoms with Crippen LogP contribution in [-0.4, -0.2) is 17.8 Å². The predicted molar refractivity (Wildman–Crippen MR) is 58.6 cm³/mol. The van der Waals surface area contributed by atoms with E-state index in [4.69, 9.17) is 0 Å². The van der Waals surface area contributed by atoms with Crippen molar-refractivity contribution in [1.82, 2.24) is 0 Å². The van der Waals surface area contributed by atoms with E-state index >= 15 is 0 Å². The van der Waals surface area contributed by atoms with Crippen molar-refractivity contribution in [2.24, 2.45) is 0 Å². The van der Waals surface area contributed by atoms with Crippen molar-refractivity contribution in [2.75, 3.05) is 11.9 Å². The quantitative estimate of drug-likeness (QED) is 0.765. The highest BCUT2D eigenvalue weighted by Crippen LogP contribution is 2.23. The fourth-order valence-electron chi connectivity index (χ4n) is 1.87. The van der Waals surface area contributed by atoms with Crippen LogP contribution in [0.3, 0.4) is 0 Å². The first-order valence-corrected chi connectivity index (χ1v) is 5.29. The summed E-state index contributed by atoms with van der Waals surface area (Å²) >= 11 is 0. The van der Waals surface area contributed by atoms with E-state index in [-0.39, 0.29) is 6.10 Å². The van der Waals surface area contributed by atoms with Crippen molar-refractivity contribution in [3.05, 3.63) is 29.3 Å². The molecule has 1 aliphatic heterocycles. The van der Waals surface area contributed by atoms with E-state index in [1.54, 1.807) is 0 Å². The average Bonchev–Trinajstić information content (AvgIpc) is 2.61. The zero-order valence-electron chi connectivity index (χ0n) is 8.59. The highest BCUT2D eigenvalue weighted by atomic mass is 16.3. The summed E-state index contributed by atoms with van der Waals surface area (Å²) < 4.78 is 0. The third-order valence-corrected chi connectivity index (χ3v) is 2.73. The van der Waals surface area contributed by atoms with Gasteiger partial charge < -0.3 is 10.4 Å². The van der Waals surface area contributed by atoms with Gasteiger partial charge in [0.25, 0.3) is 0 Å². The lowest BCUT2D eigenvalue weighted by Gasteiger charge is -2.06. The molecule has 1 aromatic carbocycles. The Morgan fingerprint density at radius 2 is 2.36 bits per heavy atom. The molecule has 14 heavy (non-hydrogen) atoms. The molecule has 1 unspecified atom stereocenters. The molecule has 0 amide bonds. The molecule has 0 fully saturated rings. The average molecular weight is 191 g/mol. The van der Waals surface area contributed by atoms with Crippen molar-refractivity contribution in [1.29, 1.82) is 0 Å². The van der Waals surface area contributed by atoms with Crippen LogP contribution in [0.2, 0.25) is 0 Å². The Kier molecular flexibility index (Phi) is 2.73. The second kappa shape index (κ2) is 4.01. The molecule has 1 aliphatic rings. The van der Waals surface area contributed by atoms with Gasteiger partial charge in [-0.1, -0.05) is 12.1 Å². The molecule has 2 nitrogen and oxygen atoms in total. The van der Waals surface area contributed by atoms with Crippen molar-refractivity contribution >= 4 is 5.69 Å². The number of anilines is 1. The van der Waals surface area contributed by atoms with Crippen LogP contribution < -0.4 is 5.32 Å². The van der Waals surface area contributed by atoms with Gasteiger partial charge in [-0.25, -0.2) is 0 Å². The van der Waals surface area contributed by atoms with Crippen LogP contribution in [0, 0.1) is 0 Å². The number of benzene rings is 1. The lowest BCUT2D eigenvalue weighted by atomic mass is 10.0. The van der Waals surface area contributed by atoms with Crippen molar-refractivity contribution in [2.45, 2.75) is 32.3 Å². The van der Waals surface area contributed by atoms with Gasteiger partial charge >= 0.3 is 0 Å². The Morgan fingerprint density at radius 3 is 3.14 bits per heavy atom. The number of aliphatic hydroxyl groups is 1. The summed E-state index contributed by atoms with van der Waals surface area (Å²) in [5.41, 5.74) is 4.03. The maximum absolute atomic E-state index is 9.19. The van der Waals surface area contributed by atoms with E-state index in [1.807, 2.05) is 6.92 Å². The van der Waals surface area contributed by atoms with E-state index in [2.05, 4.69) is 23.5 Å². The van der Waals surface area contributed by atoms with Crippen LogP contribution >= 0.6 is 0 Å². The Balaban J connectivity index is 2.05. The smallest absolute Gasteiger partial charge is 0.0515 e. The van der Waals surface area contributed by atoms with Gasteiger partial charge in [0.2, 0.25) is 0 Å². The summed E-state index contributed by atoms with van der Waals surface area (Å²) in [5.74, 6) is 0. The lowest BCUT2D eigenvalue weighted by molar-refractivity contribution is 0.185. The second-order valence-corrected chi connectivity index (χ2v) is 4.06. The second-order valence-electron chi connectivity index (χ2n) is 4.06. The Morgan fingerprint density at radius 1 is 1.50 bits per heavy atom. The van der Waals surface area contributed by atoms with Crippen molar-refractivity contribution < 1.29 is 5.11 Å². The molecule has 2 heteroatoms. The molecule has 76 valence electrons. The van der Waals surface area contributed by atoms with Gasteiger partial charge in [0.15, 0.2) is 0 Å². The van der Waals surface area contributed by atoms with E-state index in [1.165, 1.54) is 16.8 Å². The topological polar surface area (TPSA) is 32.3 Å². The van der Waals surface area contributed by atoms with Gasteiger partial charge in [-0.05, 0) is 43.4 Å². The third-order valence-electron chi connectivity index (χ3n) is 2.73. The number of nitrogens with one attached hydrogen (secondary N) is 1. The normalized spacial score (nSPS) is 16.1. The predicted octanol–water partition coefficient (Wildman–Crippen LogP) is 1.97. The summed E-state index contributed by atoms with van der Waals surface area (Å²) in [4.78, 5) is 0. The summed E-state index contributed by atoms with van der Waals surface area (Å²) in [6, 6.07) is 6.59. The first-order valence-electron chi connectivity index (χ1n) is 5.29. The van der Waals surface area contributed by atoms with Crippen LogP contribution in [-0.2, 0) is 12.8 Å². The number of rotatable bonds is 3. The van der Waals surface area contributed by atoms with Crippen LogP contribution in [0.4, 0.5) is 5.69 Å². The molecule has 0 saturated heterocycles. The summed E-state index contributed by atoms with van der Waals surface area (Å²) in [6.45, 7) is 2.90. The zero-order valence-corrected chi connectivity index (χ0v) is 8.59. The van der Waals surface area contributed by atoms with Crippen LogP contribution in [0.1, 0.15) is 24.5 Å². The van der Waals surface area contributed by atoms with Gasteiger partial charge in [0, 0.05) is 12.2 Å². The Hall–Kier alpha value is -1.02. The molecule has 0 saturated carbocycles. The molecule has 2 rings (SSSR count). The zero-order chi connectivity index (χ0) is 9.97. The van der Waals surface area contributed by atoms with E-state index < -0.39 is 0 Å². The highest BCUT2D eigenvalue weighted by molar-refractivity contribution is 5.57. The Labute approximate surface area is 85.0 Å². The molecule has 0 bridgehead atoms. The van der Waals surface area contributed by atoms with Gasteiger partial charge in [-0.3, -0.25) is 0 Å². The van der Waals surface area contributed by atoms with Gasteiger partial charge in [0.05, 0.1) is 6.10 Å². The maximum Gasteiger partial charge on any atom is 0.0515 e. The number of aliphatic hydroxyl groups excluding tert-OH is 1. The standard InChI is InChI=1S/C12H17NO/c1-9(14)2-3-10-4-5-11-6-7-13-12(11)8-10/h4-5,8-9,13-14H,2-3,6-7H2,1H3. The van der Waals surface area contributed by atoms with Crippen LogP contribution in [0.25, 0.3) is 0 Å². The molecule has 0 aliphatic carbocycles. The number of hydrogen-bond donors (Lipinski definition) is 2. The molecule has 0 radical (unpaired) electrons. The summed E-state index contributed by atoms with van der Waals surface area (Å²) in [6.07, 6.45) is 2.76. The van der Waals surface area contributed by atoms with Gasteiger partial charge in [-0.2, -0.15) is 0 Å². The minimum Gasteiger partial charge on any atom is -0.393 e. The summed E-state index contributed by atoms with van der Waals surface area (Å²) in [5, 5.41) is 12.6. The minimum atomic E-state index is -0.198. The molecule has 1 aromatic rings. The number of aryl methyl sites for hydroxylation is 1. The summed E-state index contributed by atoms with van der Waals surface area (Å²) in [7, 11) is 0. The van der Waals surface area contributed by atoms with Gasteiger partial charge in [0.1, 0.15) is 0 Å².